The topological polar surface area (TPSA) is 27.7 Å². The van der Waals surface area contributed by atoms with Crippen molar-refractivity contribution in [3.8, 4) is 28.4 Å². The van der Waals surface area contributed by atoms with Crippen LogP contribution in [-0.2, 0) is 0 Å². The standard InChI is InChI=1S/C30H31F3O3/c1-3-17-35-24-13-16-28(27(31)18-24)36-19-20-5-7-21(8-6-20)25-14-15-26(30(33)29(25)32)22-9-11-23(12-10-22)34-4-2/h3,9-16,18,20-21H,1,4-8,17,19H2,2H3. The van der Waals surface area contributed by atoms with Gasteiger partial charge in [0, 0.05) is 11.6 Å². The maximum atomic E-state index is 15.1. The fourth-order valence-electron chi connectivity index (χ4n) is 4.69. The van der Waals surface area contributed by atoms with Gasteiger partial charge in [0.15, 0.2) is 23.2 Å². The molecule has 3 aromatic rings. The van der Waals surface area contributed by atoms with Crippen LogP contribution in [0.15, 0.2) is 67.3 Å². The maximum absolute atomic E-state index is 15.1. The number of halogens is 3. The molecule has 0 aromatic heterocycles. The number of rotatable bonds is 10. The van der Waals surface area contributed by atoms with Gasteiger partial charge in [-0.2, -0.15) is 0 Å². The van der Waals surface area contributed by atoms with E-state index in [1.165, 1.54) is 6.07 Å². The smallest absolute Gasteiger partial charge is 0.168 e. The summed E-state index contributed by atoms with van der Waals surface area (Å²) in [4.78, 5) is 0. The summed E-state index contributed by atoms with van der Waals surface area (Å²) in [7, 11) is 0. The zero-order valence-corrected chi connectivity index (χ0v) is 20.4. The third-order valence-corrected chi connectivity index (χ3v) is 6.62. The molecule has 0 radical (unpaired) electrons. The molecular formula is C30H31F3O3. The monoisotopic (exact) mass is 496 g/mol. The van der Waals surface area contributed by atoms with E-state index in [2.05, 4.69) is 6.58 Å². The molecule has 0 aliphatic heterocycles. The molecule has 0 saturated heterocycles. The van der Waals surface area contributed by atoms with Crippen molar-refractivity contribution in [2.45, 2.75) is 38.5 Å². The molecule has 3 aromatic carbocycles. The Kier molecular flexibility index (Phi) is 8.57. The highest BCUT2D eigenvalue weighted by Gasteiger charge is 2.27. The van der Waals surface area contributed by atoms with Crippen molar-refractivity contribution in [2.75, 3.05) is 19.8 Å². The first-order valence-electron chi connectivity index (χ1n) is 12.4. The maximum Gasteiger partial charge on any atom is 0.168 e. The van der Waals surface area contributed by atoms with Crippen LogP contribution in [0.25, 0.3) is 11.1 Å². The summed E-state index contributed by atoms with van der Waals surface area (Å²) in [6.07, 6.45) is 4.64. The summed E-state index contributed by atoms with van der Waals surface area (Å²) in [5, 5.41) is 0. The molecule has 0 amide bonds. The third kappa shape index (κ3) is 6.04. The van der Waals surface area contributed by atoms with Crippen LogP contribution in [0.1, 0.15) is 44.1 Å². The summed E-state index contributed by atoms with van der Waals surface area (Å²) in [6, 6.07) is 14.9. The van der Waals surface area contributed by atoms with E-state index in [0.717, 1.165) is 25.7 Å². The number of benzene rings is 3. The van der Waals surface area contributed by atoms with Gasteiger partial charge in [0.2, 0.25) is 0 Å². The lowest BCUT2D eigenvalue weighted by molar-refractivity contribution is 0.193. The number of hydrogen-bond acceptors (Lipinski definition) is 3. The Morgan fingerprint density at radius 3 is 2.22 bits per heavy atom. The molecule has 0 bridgehead atoms. The highest BCUT2D eigenvalue weighted by molar-refractivity contribution is 5.65. The fourth-order valence-corrected chi connectivity index (χ4v) is 4.69. The molecule has 1 aliphatic carbocycles. The van der Waals surface area contributed by atoms with E-state index in [0.29, 0.717) is 42.4 Å². The minimum Gasteiger partial charge on any atom is -0.494 e. The van der Waals surface area contributed by atoms with Crippen LogP contribution in [-0.4, -0.2) is 19.8 Å². The first-order valence-corrected chi connectivity index (χ1v) is 12.4. The zero-order chi connectivity index (χ0) is 25.5. The van der Waals surface area contributed by atoms with E-state index < -0.39 is 17.5 Å². The lowest BCUT2D eigenvalue weighted by atomic mass is 9.78. The Hall–Kier alpha value is -3.41. The summed E-state index contributed by atoms with van der Waals surface area (Å²) in [6.45, 7) is 6.68. The molecule has 1 saturated carbocycles. The summed E-state index contributed by atoms with van der Waals surface area (Å²) in [5.74, 6) is -0.604. The first-order chi connectivity index (χ1) is 17.5. The van der Waals surface area contributed by atoms with Crippen LogP contribution in [0.3, 0.4) is 0 Å². The second-order valence-corrected chi connectivity index (χ2v) is 9.01. The summed E-state index contributed by atoms with van der Waals surface area (Å²) < 4.78 is 60.8. The largest absolute Gasteiger partial charge is 0.494 e. The molecule has 4 rings (SSSR count). The van der Waals surface area contributed by atoms with E-state index in [4.69, 9.17) is 14.2 Å². The Bertz CT molecular complexity index is 1170. The van der Waals surface area contributed by atoms with Crippen LogP contribution in [0.5, 0.6) is 17.2 Å². The lowest BCUT2D eigenvalue weighted by Gasteiger charge is -2.29. The van der Waals surface area contributed by atoms with Gasteiger partial charge in [-0.15, -0.1) is 0 Å². The number of hydrogen-bond donors (Lipinski definition) is 0. The predicted molar refractivity (Wildman–Crippen MR) is 135 cm³/mol. The molecule has 0 atom stereocenters. The van der Waals surface area contributed by atoms with Gasteiger partial charge in [-0.05, 0) is 79.8 Å². The van der Waals surface area contributed by atoms with Gasteiger partial charge in [0.05, 0.1) is 13.2 Å². The van der Waals surface area contributed by atoms with E-state index in [-0.39, 0.29) is 23.1 Å². The van der Waals surface area contributed by atoms with Gasteiger partial charge in [-0.1, -0.05) is 36.9 Å². The van der Waals surface area contributed by atoms with Crippen LogP contribution >= 0.6 is 0 Å². The van der Waals surface area contributed by atoms with Gasteiger partial charge in [0.25, 0.3) is 0 Å². The molecule has 1 aliphatic rings. The molecule has 0 N–H and O–H groups in total. The molecule has 36 heavy (non-hydrogen) atoms. The molecule has 1 fully saturated rings. The molecule has 3 nitrogen and oxygen atoms in total. The van der Waals surface area contributed by atoms with Crippen molar-refractivity contribution in [1.29, 1.82) is 0 Å². The van der Waals surface area contributed by atoms with E-state index in [1.54, 1.807) is 54.6 Å². The molecule has 0 unspecified atom stereocenters. The van der Waals surface area contributed by atoms with Crippen molar-refractivity contribution in [2.24, 2.45) is 5.92 Å². The average molecular weight is 497 g/mol. The SMILES string of the molecule is C=CCOc1ccc(OCC2CCC(c3ccc(-c4ccc(OCC)cc4)c(F)c3F)CC2)c(F)c1. The molecule has 6 heteroatoms. The normalized spacial score (nSPS) is 17.4. The fraction of sp³-hybridized carbons (Fsp3) is 0.333. The van der Waals surface area contributed by atoms with Crippen LogP contribution in [0, 0.1) is 23.4 Å². The quantitative estimate of drug-likeness (QED) is 0.266. The summed E-state index contributed by atoms with van der Waals surface area (Å²) >= 11 is 0. The Labute approximate surface area is 210 Å². The van der Waals surface area contributed by atoms with E-state index in [1.807, 2.05) is 6.92 Å². The van der Waals surface area contributed by atoms with Gasteiger partial charge in [-0.3, -0.25) is 0 Å². The first kappa shape index (κ1) is 25.7. The molecular weight excluding hydrogens is 465 g/mol. The second-order valence-electron chi connectivity index (χ2n) is 9.01. The Morgan fingerprint density at radius 1 is 0.833 bits per heavy atom. The minimum absolute atomic E-state index is 0.0526. The second kappa shape index (κ2) is 12.0. The van der Waals surface area contributed by atoms with Gasteiger partial charge < -0.3 is 14.2 Å². The summed E-state index contributed by atoms with van der Waals surface area (Å²) in [5.41, 5.74) is 1.27. The van der Waals surface area contributed by atoms with Crippen LogP contribution < -0.4 is 14.2 Å². The lowest BCUT2D eigenvalue weighted by Crippen LogP contribution is -2.20. The van der Waals surface area contributed by atoms with Gasteiger partial charge in [-0.25, -0.2) is 13.2 Å². The Balaban J connectivity index is 1.34. The van der Waals surface area contributed by atoms with E-state index in [9.17, 15) is 8.78 Å². The van der Waals surface area contributed by atoms with Crippen molar-refractivity contribution in [3.05, 3.63) is 90.3 Å². The number of ether oxygens (including phenoxy) is 3. The van der Waals surface area contributed by atoms with Gasteiger partial charge >= 0.3 is 0 Å². The van der Waals surface area contributed by atoms with Crippen molar-refractivity contribution in [1.82, 2.24) is 0 Å². The highest BCUT2D eigenvalue weighted by atomic mass is 19.2. The molecule has 190 valence electrons. The minimum atomic E-state index is -0.821. The Morgan fingerprint density at radius 2 is 1.56 bits per heavy atom. The zero-order valence-electron chi connectivity index (χ0n) is 20.4. The average Bonchev–Trinajstić information content (AvgIpc) is 2.90. The molecule has 0 spiro atoms. The predicted octanol–water partition coefficient (Wildman–Crippen LogP) is 8.09. The third-order valence-electron chi connectivity index (χ3n) is 6.62. The van der Waals surface area contributed by atoms with Crippen molar-refractivity contribution < 1.29 is 27.4 Å². The van der Waals surface area contributed by atoms with E-state index >= 15 is 4.39 Å². The van der Waals surface area contributed by atoms with Crippen LogP contribution in [0.4, 0.5) is 13.2 Å². The van der Waals surface area contributed by atoms with Crippen LogP contribution in [0.2, 0.25) is 0 Å². The molecule has 0 heterocycles. The van der Waals surface area contributed by atoms with Gasteiger partial charge in [0.1, 0.15) is 18.1 Å². The highest BCUT2D eigenvalue weighted by Crippen LogP contribution is 2.39. The van der Waals surface area contributed by atoms with Crippen molar-refractivity contribution >= 4 is 0 Å². The van der Waals surface area contributed by atoms with Crippen molar-refractivity contribution in [3.63, 3.8) is 0 Å².